The van der Waals surface area contributed by atoms with E-state index in [9.17, 15) is 10.1 Å². The minimum atomic E-state index is -0.410. The van der Waals surface area contributed by atoms with Gasteiger partial charge in [-0.1, -0.05) is 23.7 Å². The van der Waals surface area contributed by atoms with Crippen LogP contribution in [-0.2, 0) is 6.61 Å². The molecule has 7 heteroatoms. The van der Waals surface area contributed by atoms with Crippen LogP contribution < -0.4 is 10.1 Å². The lowest BCUT2D eigenvalue weighted by Crippen LogP contribution is -2.10. The van der Waals surface area contributed by atoms with E-state index in [0.29, 0.717) is 27.1 Å². The second-order valence-electron chi connectivity index (χ2n) is 5.54. The van der Waals surface area contributed by atoms with Gasteiger partial charge in [0.05, 0.1) is 10.6 Å². The Morgan fingerprint density at radius 3 is 2.81 bits per heavy atom. The Labute approximate surface area is 159 Å². The molecule has 1 aromatic carbocycles. The van der Waals surface area contributed by atoms with Crippen LogP contribution in [-0.4, -0.2) is 5.91 Å². The maximum atomic E-state index is 12.4. The van der Waals surface area contributed by atoms with Crippen LogP contribution in [0.15, 0.2) is 40.8 Å². The molecular formula is C19H15ClN2O3S. The predicted molar refractivity (Wildman–Crippen MR) is 101 cm³/mol. The Kier molecular flexibility index (Phi) is 5.31. The first-order valence-corrected chi connectivity index (χ1v) is 8.96. The number of halogens is 1. The van der Waals surface area contributed by atoms with Crippen molar-refractivity contribution in [2.45, 2.75) is 20.5 Å². The summed E-state index contributed by atoms with van der Waals surface area (Å²) in [6.45, 7) is 3.92. The summed E-state index contributed by atoms with van der Waals surface area (Å²) in [5.74, 6) is 0.774. The first-order valence-electron chi connectivity index (χ1n) is 7.77. The highest BCUT2D eigenvalue weighted by Crippen LogP contribution is 2.32. The molecule has 0 fully saturated rings. The third-order valence-electron chi connectivity index (χ3n) is 3.82. The molecule has 0 bridgehead atoms. The van der Waals surface area contributed by atoms with Gasteiger partial charge in [0.25, 0.3) is 5.91 Å². The van der Waals surface area contributed by atoms with Crippen molar-refractivity contribution in [3.8, 4) is 11.8 Å². The molecule has 0 aliphatic heterocycles. The van der Waals surface area contributed by atoms with Crippen molar-refractivity contribution in [1.82, 2.24) is 0 Å². The van der Waals surface area contributed by atoms with Crippen LogP contribution in [0, 0.1) is 25.2 Å². The number of ether oxygens (including phenoxy) is 1. The Morgan fingerprint density at radius 1 is 1.31 bits per heavy atom. The lowest BCUT2D eigenvalue weighted by molar-refractivity contribution is 0.0993. The maximum Gasteiger partial charge on any atom is 0.292 e. The molecule has 3 rings (SSSR count). The van der Waals surface area contributed by atoms with Gasteiger partial charge in [-0.05, 0) is 43.7 Å². The summed E-state index contributed by atoms with van der Waals surface area (Å²) in [4.78, 5) is 13.4. The highest BCUT2D eigenvalue weighted by molar-refractivity contribution is 7.16. The first-order chi connectivity index (χ1) is 12.5. The number of anilines is 1. The first kappa shape index (κ1) is 18.1. The van der Waals surface area contributed by atoms with E-state index in [0.717, 1.165) is 10.4 Å². The average Bonchev–Trinajstić information content (AvgIpc) is 3.19. The Morgan fingerprint density at radius 2 is 2.08 bits per heavy atom. The second kappa shape index (κ2) is 7.65. The van der Waals surface area contributed by atoms with Crippen molar-refractivity contribution in [2.75, 3.05) is 5.32 Å². The zero-order valence-electron chi connectivity index (χ0n) is 14.1. The fourth-order valence-electron chi connectivity index (χ4n) is 2.30. The van der Waals surface area contributed by atoms with E-state index in [2.05, 4.69) is 11.4 Å². The van der Waals surface area contributed by atoms with Gasteiger partial charge < -0.3 is 14.5 Å². The van der Waals surface area contributed by atoms with E-state index in [4.69, 9.17) is 20.8 Å². The predicted octanol–water partition coefficient (Wildman–Crippen LogP) is 5.31. The van der Waals surface area contributed by atoms with Gasteiger partial charge in [-0.25, -0.2) is 0 Å². The number of furan rings is 1. The molecule has 1 N–H and O–H groups in total. The number of hydrogen-bond acceptors (Lipinski definition) is 5. The fourth-order valence-corrected chi connectivity index (χ4v) is 3.50. The highest BCUT2D eigenvalue weighted by atomic mass is 35.5. The van der Waals surface area contributed by atoms with Crippen molar-refractivity contribution >= 4 is 33.8 Å². The van der Waals surface area contributed by atoms with Crippen molar-refractivity contribution in [3.63, 3.8) is 0 Å². The quantitative estimate of drug-likeness (QED) is 0.644. The number of carbonyl (C=O) groups is 1. The monoisotopic (exact) mass is 386 g/mol. The van der Waals surface area contributed by atoms with E-state index in [1.165, 1.54) is 11.3 Å². The van der Waals surface area contributed by atoms with Gasteiger partial charge in [0, 0.05) is 4.88 Å². The number of rotatable bonds is 5. The normalized spacial score (nSPS) is 10.4. The number of carbonyl (C=O) groups excluding carboxylic acids is 1. The van der Waals surface area contributed by atoms with Gasteiger partial charge in [-0.15, -0.1) is 11.3 Å². The standard InChI is InChI=1S/C19H15ClN2O3S/c1-11-12(2)26-19(14(11)9-21)22-18(23)17-8-7-13(25-17)10-24-16-6-4-3-5-15(16)20/h3-8H,10H2,1-2H3,(H,22,23). The summed E-state index contributed by atoms with van der Waals surface area (Å²) in [5, 5.41) is 13.0. The summed E-state index contributed by atoms with van der Waals surface area (Å²) in [5.41, 5.74) is 1.36. The number of thiophene rings is 1. The fraction of sp³-hybridized carbons (Fsp3) is 0.158. The van der Waals surface area contributed by atoms with Crippen molar-refractivity contribution in [1.29, 1.82) is 5.26 Å². The van der Waals surface area contributed by atoms with Crippen LogP contribution in [0.2, 0.25) is 5.02 Å². The topological polar surface area (TPSA) is 75.3 Å². The lowest BCUT2D eigenvalue weighted by Gasteiger charge is -2.05. The van der Waals surface area contributed by atoms with E-state index in [-0.39, 0.29) is 12.4 Å². The molecule has 2 aromatic heterocycles. The average molecular weight is 387 g/mol. The minimum absolute atomic E-state index is 0.148. The van der Waals surface area contributed by atoms with Gasteiger partial charge in [0.2, 0.25) is 0 Å². The molecule has 0 unspecified atom stereocenters. The van der Waals surface area contributed by atoms with Gasteiger partial charge in [0.1, 0.15) is 29.2 Å². The van der Waals surface area contributed by atoms with Crippen LogP contribution in [0.5, 0.6) is 5.75 Å². The molecule has 1 amide bonds. The zero-order chi connectivity index (χ0) is 18.7. The number of aryl methyl sites for hydroxylation is 1. The van der Waals surface area contributed by atoms with Gasteiger partial charge >= 0.3 is 0 Å². The van der Waals surface area contributed by atoms with Crippen LogP contribution in [0.25, 0.3) is 0 Å². The van der Waals surface area contributed by atoms with Crippen LogP contribution in [0.4, 0.5) is 5.00 Å². The smallest absolute Gasteiger partial charge is 0.292 e. The van der Waals surface area contributed by atoms with Gasteiger partial charge in [-0.2, -0.15) is 5.26 Å². The molecular weight excluding hydrogens is 372 g/mol. The molecule has 0 aliphatic rings. The number of benzene rings is 1. The number of nitrogens with one attached hydrogen (secondary N) is 1. The molecule has 0 saturated heterocycles. The van der Waals surface area contributed by atoms with Gasteiger partial charge in [-0.3, -0.25) is 4.79 Å². The molecule has 0 saturated carbocycles. The number of nitrogens with zero attached hydrogens (tertiary/aromatic N) is 1. The van der Waals surface area contributed by atoms with Gasteiger partial charge in [0.15, 0.2) is 5.76 Å². The van der Waals surface area contributed by atoms with Crippen molar-refractivity contribution < 1.29 is 13.9 Å². The SMILES string of the molecule is Cc1sc(NC(=O)c2ccc(COc3ccccc3Cl)o2)c(C#N)c1C. The molecule has 2 heterocycles. The molecule has 0 aliphatic carbocycles. The largest absolute Gasteiger partial charge is 0.484 e. The minimum Gasteiger partial charge on any atom is -0.484 e. The molecule has 132 valence electrons. The van der Waals surface area contributed by atoms with E-state index in [1.54, 1.807) is 24.3 Å². The summed E-state index contributed by atoms with van der Waals surface area (Å²) >= 11 is 7.40. The Bertz CT molecular complexity index is 1000. The second-order valence-corrected chi connectivity index (χ2v) is 7.17. The maximum absolute atomic E-state index is 12.4. The Hall–Kier alpha value is -2.75. The molecule has 5 nitrogen and oxygen atoms in total. The molecule has 26 heavy (non-hydrogen) atoms. The summed E-state index contributed by atoms with van der Waals surface area (Å²) in [7, 11) is 0. The molecule has 0 spiro atoms. The third-order valence-corrected chi connectivity index (χ3v) is 5.25. The van der Waals surface area contributed by atoms with Crippen molar-refractivity contribution in [2.24, 2.45) is 0 Å². The molecule has 0 radical (unpaired) electrons. The summed E-state index contributed by atoms with van der Waals surface area (Å²) in [6, 6.07) is 12.5. The highest BCUT2D eigenvalue weighted by Gasteiger charge is 2.18. The van der Waals surface area contributed by atoms with Crippen LogP contribution in [0.1, 0.15) is 32.3 Å². The van der Waals surface area contributed by atoms with Crippen molar-refractivity contribution in [3.05, 3.63) is 68.9 Å². The van der Waals surface area contributed by atoms with Crippen LogP contribution >= 0.6 is 22.9 Å². The zero-order valence-corrected chi connectivity index (χ0v) is 15.7. The molecule has 3 aromatic rings. The summed E-state index contributed by atoms with van der Waals surface area (Å²) < 4.78 is 11.1. The molecule has 0 atom stereocenters. The van der Waals surface area contributed by atoms with Crippen LogP contribution in [0.3, 0.4) is 0 Å². The van der Waals surface area contributed by atoms with E-state index in [1.807, 2.05) is 26.0 Å². The van der Waals surface area contributed by atoms with E-state index >= 15 is 0 Å². The lowest BCUT2D eigenvalue weighted by atomic mass is 10.2. The number of nitriles is 1. The number of hydrogen-bond donors (Lipinski definition) is 1. The Balaban J connectivity index is 1.68. The third kappa shape index (κ3) is 3.74. The summed E-state index contributed by atoms with van der Waals surface area (Å²) in [6.07, 6.45) is 0. The van der Waals surface area contributed by atoms with E-state index < -0.39 is 5.91 Å². The number of para-hydroxylation sites is 1. The number of amides is 1.